The third-order valence-corrected chi connectivity index (χ3v) is 3.79. The standard InChI is InChI=1S/C16H22F2N2.2ClH/c1-11(2)10-14(20-8-6-19-7-9-20)15-13(17)5-4-12(3)16(15)18;;/h4-5,14,19H,1,6-10H2,2-3H3;2*1H/t14-;;/m1../s1. The summed E-state index contributed by atoms with van der Waals surface area (Å²) in [6.45, 7) is 10.8. The first-order valence-electron chi connectivity index (χ1n) is 7.04. The molecule has 1 aliphatic heterocycles. The van der Waals surface area contributed by atoms with Gasteiger partial charge in [0.2, 0.25) is 0 Å². The predicted molar refractivity (Wildman–Crippen MR) is 92.2 cm³/mol. The van der Waals surface area contributed by atoms with Crippen LogP contribution in [0.3, 0.4) is 0 Å². The molecule has 1 aromatic carbocycles. The smallest absolute Gasteiger partial charge is 0.133 e. The van der Waals surface area contributed by atoms with Gasteiger partial charge >= 0.3 is 0 Å². The Morgan fingerprint density at radius 3 is 2.41 bits per heavy atom. The topological polar surface area (TPSA) is 15.3 Å². The molecular weight excluding hydrogens is 329 g/mol. The molecule has 1 aromatic rings. The number of rotatable bonds is 4. The summed E-state index contributed by atoms with van der Waals surface area (Å²) < 4.78 is 28.6. The molecule has 1 fully saturated rings. The molecule has 0 aliphatic carbocycles. The number of aryl methyl sites for hydroxylation is 1. The van der Waals surface area contributed by atoms with Gasteiger partial charge in [-0.15, -0.1) is 31.4 Å². The highest BCUT2D eigenvalue weighted by Crippen LogP contribution is 2.32. The van der Waals surface area contributed by atoms with E-state index >= 15 is 0 Å². The highest BCUT2D eigenvalue weighted by atomic mass is 35.5. The van der Waals surface area contributed by atoms with Crippen molar-refractivity contribution in [1.29, 1.82) is 0 Å². The van der Waals surface area contributed by atoms with Crippen LogP contribution in [0.2, 0.25) is 0 Å². The molecule has 0 unspecified atom stereocenters. The lowest BCUT2D eigenvalue weighted by Gasteiger charge is -2.36. The molecule has 2 rings (SSSR count). The molecule has 0 saturated carbocycles. The van der Waals surface area contributed by atoms with Crippen LogP contribution in [-0.2, 0) is 0 Å². The molecule has 0 amide bonds. The molecule has 126 valence electrons. The fraction of sp³-hybridized carbons (Fsp3) is 0.500. The first kappa shape index (κ1) is 21.3. The average Bonchev–Trinajstić information content (AvgIpc) is 2.43. The zero-order valence-electron chi connectivity index (χ0n) is 13.0. The SMILES string of the molecule is C=C(C)C[C@H](c1c(F)ccc(C)c1F)N1CCNCC1.Cl.Cl. The first-order valence-corrected chi connectivity index (χ1v) is 7.04. The van der Waals surface area contributed by atoms with Crippen molar-refractivity contribution >= 4 is 24.8 Å². The number of hydrogen-bond donors (Lipinski definition) is 1. The van der Waals surface area contributed by atoms with Gasteiger partial charge in [-0.2, -0.15) is 0 Å². The number of nitrogens with zero attached hydrogens (tertiary/aromatic N) is 1. The first-order chi connectivity index (χ1) is 9.50. The van der Waals surface area contributed by atoms with E-state index in [9.17, 15) is 8.78 Å². The predicted octanol–water partition coefficient (Wildman–Crippen LogP) is 4.03. The molecule has 0 radical (unpaired) electrons. The zero-order valence-corrected chi connectivity index (χ0v) is 14.6. The van der Waals surface area contributed by atoms with Crippen molar-refractivity contribution in [1.82, 2.24) is 10.2 Å². The third-order valence-electron chi connectivity index (χ3n) is 3.79. The minimum Gasteiger partial charge on any atom is -0.314 e. The Labute approximate surface area is 143 Å². The van der Waals surface area contributed by atoms with Crippen LogP contribution in [0.15, 0.2) is 24.3 Å². The molecule has 6 heteroatoms. The van der Waals surface area contributed by atoms with Gasteiger partial charge in [-0.25, -0.2) is 8.78 Å². The van der Waals surface area contributed by atoms with Crippen LogP contribution in [0.5, 0.6) is 0 Å². The summed E-state index contributed by atoms with van der Waals surface area (Å²) in [5.41, 5.74) is 1.62. The van der Waals surface area contributed by atoms with Gasteiger partial charge < -0.3 is 5.32 Å². The Hall–Kier alpha value is -0.680. The van der Waals surface area contributed by atoms with Crippen molar-refractivity contribution in [2.75, 3.05) is 26.2 Å². The van der Waals surface area contributed by atoms with Gasteiger partial charge in [0.15, 0.2) is 0 Å². The lowest BCUT2D eigenvalue weighted by Crippen LogP contribution is -2.45. The molecule has 1 atom stereocenters. The minimum atomic E-state index is -0.460. The van der Waals surface area contributed by atoms with E-state index < -0.39 is 11.6 Å². The van der Waals surface area contributed by atoms with E-state index in [-0.39, 0.29) is 36.4 Å². The van der Waals surface area contributed by atoms with Crippen LogP contribution in [0.4, 0.5) is 8.78 Å². The summed E-state index contributed by atoms with van der Waals surface area (Å²) >= 11 is 0. The molecule has 1 N–H and O–H groups in total. The van der Waals surface area contributed by atoms with E-state index in [0.717, 1.165) is 31.8 Å². The van der Waals surface area contributed by atoms with Gasteiger partial charge in [0.25, 0.3) is 0 Å². The van der Waals surface area contributed by atoms with Crippen LogP contribution >= 0.6 is 24.8 Å². The quantitative estimate of drug-likeness (QED) is 0.823. The molecule has 1 saturated heterocycles. The van der Waals surface area contributed by atoms with Gasteiger partial charge in [0.1, 0.15) is 11.6 Å². The number of nitrogens with one attached hydrogen (secondary N) is 1. The number of benzene rings is 1. The lowest BCUT2D eigenvalue weighted by molar-refractivity contribution is 0.165. The highest BCUT2D eigenvalue weighted by molar-refractivity contribution is 5.85. The van der Waals surface area contributed by atoms with Crippen LogP contribution in [0, 0.1) is 18.6 Å². The maximum absolute atomic E-state index is 14.4. The maximum Gasteiger partial charge on any atom is 0.133 e. The number of hydrogen-bond acceptors (Lipinski definition) is 2. The van der Waals surface area contributed by atoms with E-state index in [1.165, 1.54) is 12.1 Å². The van der Waals surface area contributed by atoms with Gasteiger partial charge in [-0.1, -0.05) is 11.6 Å². The zero-order chi connectivity index (χ0) is 14.7. The van der Waals surface area contributed by atoms with Crippen molar-refractivity contribution < 1.29 is 8.78 Å². The second-order valence-corrected chi connectivity index (χ2v) is 5.55. The second-order valence-electron chi connectivity index (χ2n) is 5.55. The molecule has 0 spiro atoms. The van der Waals surface area contributed by atoms with Gasteiger partial charge in [-0.3, -0.25) is 4.90 Å². The number of piperazine rings is 1. The van der Waals surface area contributed by atoms with Crippen molar-refractivity contribution in [2.45, 2.75) is 26.3 Å². The fourth-order valence-electron chi connectivity index (χ4n) is 2.72. The third kappa shape index (κ3) is 4.92. The fourth-order valence-corrected chi connectivity index (χ4v) is 2.72. The van der Waals surface area contributed by atoms with E-state index in [4.69, 9.17) is 0 Å². The normalized spacial score (nSPS) is 16.4. The highest BCUT2D eigenvalue weighted by Gasteiger charge is 2.28. The monoisotopic (exact) mass is 352 g/mol. The van der Waals surface area contributed by atoms with Crippen molar-refractivity contribution in [3.63, 3.8) is 0 Å². The maximum atomic E-state index is 14.4. The summed E-state index contributed by atoms with van der Waals surface area (Å²) in [7, 11) is 0. The molecule has 1 heterocycles. The molecular formula is C16H24Cl2F2N2. The van der Waals surface area contributed by atoms with Crippen LogP contribution < -0.4 is 5.32 Å². The molecule has 1 aliphatic rings. The van der Waals surface area contributed by atoms with Gasteiger partial charge in [-0.05, 0) is 31.9 Å². The van der Waals surface area contributed by atoms with E-state index in [1.807, 2.05) is 6.92 Å². The number of halogens is 4. The van der Waals surface area contributed by atoms with Gasteiger partial charge in [0, 0.05) is 37.8 Å². The van der Waals surface area contributed by atoms with Crippen LogP contribution in [0.1, 0.15) is 30.5 Å². The summed E-state index contributed by atoms with van der Waals surface area (Å²) in [5.74, 6) is -0.882. The summed E-state index contributed by atoms with van der Waals surface area (Å²) in [6.07, 6.45) is 0.581. The molecule has 2 nitrogen and oxygen atoms in total. The average molecular weight is 353 g/mol. The second kappa shape index (κ2) is 9.46. The lowest BCUT2D eigenvalue weighted by atomic mass is 9.95. The Morgan fingerprint density at radius 2 is 1.86 bits per heavy atom. The molecule has 22 heavy (non-hydrogen) atoms. The Kier molecular flexibility index (Phi) is 9.16. The Morgan fingerprint density at radius 1 is 1.27 bits per heavy atom. The van der Waals surface area contributed by atoms with E-state index in [0.29, 0.717) is 12.0 Å². The Balaban J connectivity index is 0.00000220. The van der Waals surface area contributed by atoms with Crippen molar-refractivity contribution in [3.05, 3.63) is 47.0 Å². The Bertz CT molecular complexity index is 503. The summed E-state index contributed by atoms with van der Waals surface area (Å²) in [6, 6.07) is 2.58. The summed E-state index contributed by atoms with van der Waals surface area (Å²) in [4.78, 5) is 2.14. The van der Waals surface area contributed by atoms with E-state index in [2.05, 4.69) is 16.8 Å². The van der Waals surface area contributed by atoms with Gasteiger partial charge in [0.05, 0.1) is 0 Å². The van der Waals surface area contributed by atoms with Crippen LogP contribution in [-0.4, -0.2) is 31.1 Å². The minimum absolute atomic E-state index is 0. The molecule has 0 bridgehead atoms. The van der Waals surface area contributed by atoms with Crippen molar-refractivity contribution in [3.8, 4) is 0 Å². The molecule has 0 aromatic heterocycles. The largest absolute Gasteiger partial charge is 0.314 e. The summed E-state index contributed by atoms with van der Waals surface area (Å²) in [5, 5.41) is 3.26. The van der Waals surface area contributed by atoms with Crippen LogP contribution in [0.25, 0.3) is 0 Å². The van der Waals surface area contributed by atoms with E-state index in [1.54, 1.807) is 6.92 Å². The van der Waals surface area contributed by atoms with Crippen molar-refractivity contribution in [2.24, 2.45) is 0 Å².